The van der Waals surface area contributed by atoms with E-state index in [1.165, 1.54) is 12.1 Å². The van der Waals surface area contributed by atoms with Crippen molar-refractivity contribution in [2.24, 2.45) is 0 Å². The molecule has 124 valence electrons. The fraction of sp³-hybridized carbons (Fsp3) is 0.200. The molecule has 0 fully saturated rings. The summed E-state index contributed by atoms with van der Waals surface area (Å²) in [4.78, 5) is 21.5. The number of carbonyl (C=O) groups is 2. The molecule has 0 bridgehead atoms. The van der Waals surface area contributed by atoms with E-state index in [0.717, 1.165) is 12.1 Å². The molecular formula is C10H4ClF6IO4. The normalized spacial score (nSPS) is 12.6. The molecule has 0 aliphatic carbocycles. The van der Waals surface area contributed by atoms with Crippen LogP contribution in [0, 0.1) is 3.57 Å². The zero-order valence-electron chi connectivity index (χ0n) is 9.97. The molecule has 0 radical (unpaired) electrons. The molecule has 22 heavy (non-hydrogen) atoms. The fourth-order valence-corrected chi connectivity index (χ4v) is 4.30. The van der Waals surface area contributed by atoms with Gasteiger partial charge in [0.05, 0.1) is 0 Å². The standard InChI is InChI=1S/C10H4ClF6IO4/c11-5-3-1-2-4-6(5)18(21-7(19)9(12,13)14)22-8(20)10(15,16)17/h1-4H. The average molecular weight is 464 g/mol. The third kappa shape index (κ3) is 5.19. The third-order valence-corrected chi connectivity index (χ3v) is 5.87. The summed E-state index contributed by atoms with van der Waals surface area (Å²) in [5.41, 5.74) is 0. The van der Waals surface area contributed by atoms with Crippen molar-refractivity contribution in [3.05, 3.63) is 32.9 Å². The van der Waals surface area contributed by atoms with Crippen LogP contribution in [-0.4, -0.2) is 24.3 Å². The van der Waals surface area contributed by atoms with E-state index in [1.807, 2.05) is 0 Å². The minimum atomic E-state index is -5.46. The average Bonchev–Trinajstić information content (AvgIpc) is 2.36. The van der Waals surface area contributed by atoms with E-state index in [0.29, 0.717) is 0 Å². The van der Waals surface area contributed by atoms with Gasteiger partial charge in [-0.05, 0) is 0 Å². The minimum absolute atomic E-state index is 0.294. The zero-order chi connectivity index (χ0) is 17.1. The van der Waals surface area contributed by atoms with E-state index in [4.69, 9.17) is 11.6 Å². The van der Waals surface area contributed by atoms with Gasteiger partial charge in [0.2, 0.25) is 0 Å². The van der Waals surface area contributed by atoms with Crippen molar-refractivity contribution in [1.82, 2.24) is 0 Å². The van der Waals surface area contributed by atoms with Gasteiger partial charge in [-0.15, -0.1) is 0 Å². The first-order valence-electron chi connectivity index (χ1n) is 4.96. The van der Waals surface area contributed by atoms with Gasteiger partial charge < -0.3 is 0 Å². The summed E-state index contributed by atoms with van der Waals surface area (Å²) in [5.74, 6) is -5.54. The fourth-order valence-electron chi connectivity index (χ4n) is 0.878. The summed E-state index contributed by atoms with van der Waals surface area (Å²) in [5, 5.41) is -0.294. The van der Waals surface area contributed by atoms with Crippen LogP contribution in [-0.2, 0) is 15.7 Å². The van der Waals surface area contributed by atoms with Crippen LogP contribution >= 0.6 is 32.3 Å². The molecule has 0 saturated carbocycles. The second-order valence-electron chi connectivity index (χ2n) is 3.36. The number of benzene rings is 1. The Morgan fingerprint density at radius 1 is 0.909 bits per heavy atom. The SMILES string of the molecule is O=C(OI(OC(=O)C(F)(F)F)c1ccccc1Cl)C(F)(F)F. The quantitative estimate of drug-likeness (QED) is 0.500. The van der Waals surface area contributed by atoms with Gasteiger partial charge in [0, 0.05) is 0 Å². The number of hydrogen-bond acceptors (Lipinski definition) is 4. The topological polar surface area (TPSA) is 52.6 Å². The molecule has 0 aliphatic rings. The van der Waals surface area contributed by atoms with Crippen molar-refractivity contribution in [3.63, 3.8) is 0 Å². The van der Waals surface area contributed by atoms with Gasteiger partial charge in [-0.1, -0.05) is 0 Å². The molecule has 0 saturated heterocycles. The predicted octanol–water partition coefficient (Wildman–Crippen LogP) is 4.06. The van der Waals surface area contributed by atoms with Crippen LogP contribution in [0.5, 0.6) is 0 Å². The summed E-state index contributed by atoms with van der Waals surface area (Å²) in [6.07, 6.45) is -10.9. The molecule has 1 aromatic rings. The first-order valence-corrected chi connectivity index (χ1v) is 8.18. The number of rotatable bonds is 3. The van der Waals surface area contributed by atoms with Gasteiger partial charge in [0.1, 0.15) is 0 Å². The Morgan fingerprint density at radius 3 is 1.68 bits per heavy atom. The Hall–Kier alpha value is -1.24. The van der Waals surface area contributed by atoms with E-state index in [2.05, 4.69) is 6.13 Å². The van der Waals surface area contributed by atoms with Crippen LogP contribution in [0.3, 0.4) is 0 Å². The van der Waals surface area contributed by atoms with Crippen LogP contribution in [0.15, 0.2) is 24.3 Å². The van der Waals surface area contributed by atoms with Crippen LogP contribution in [0.25, 0.3) is 0 Å². The molecule has 1 rings (SSSR count). The summed E-state index contributed by atoms with van der Waals surface area (Å²) < 4.78 is 80.3. The molecule has 0 unspecified atom stereocenters. The predicted molar refractivity (Wildman–Crippen MR) is 68.5 cm³/mol. The van der Waals surface area contributed by atoms with Gasteiger partial charge in [-0.2, -0.15) is 0 Å². The van der Waals surface area contributed by atoms with Crippen molar-refractivity contribution in [2.75, 3.05) is 0 Å². The maximum absolute atomic E-state index is 12.2. The van der Waals surface area contributed by atoms with Crippen molar-refractivity contribution in [2.45, 2.75) is 12.4 Å². The second kappa shape index (κ2) is 6.89. The molecule has 1 aromatic carbocycles. The number of alkyl halides is 6. The molecule has 4 nitrogen and oxygen atoms in total. The molecular weight excluding hydrogens is 460 g/mol. The van der Waals surface area contributed by atoms with Gasteiger partial charge in [0.25, 0.3) is 0 Å². The number of hydrogen-bond donors (Lipinski definition) is 0. The Morgan fingerprint density at radius 2 is 1.32 bits per heavy atom. The van der Waals surface area contributed by atoms with Crippen LogP contribution in [0.1, 0.15) is 0 Å². The molecule has 0 atom stereocenters. The Bertz CT molecular complexity index is 545. The Balaban J connectivity index is 3.09. The molecule has 0 N–H and O–H groups in total. The molecule has 12 heteroatoms. The molecule has 0 heterocycles. The monoisotopic (exact) mass is 464 g/mol. The van der Waals surface area contributed by atoms with Crippen LogP contribution in [0.4, 0.5) is 26.3 Å². The summed E-state index contributed by atoms with van der Waals surface area (Å²) >= 11 is 1.18. The maximum atomic E-state index is 12.2. The number of halogens is 8. The first-order chi connectivity index (χ1) is 9.93. The van der Waals surface area contributed by atoms with E-state index in [9.17, 15) is 35.9 Å². The van der Waals surface area contributed by atoms with Crippen molar-refractivity contribution >= 4 is 44.2 Å². The molecule has 0 amide bonds. The Kier molecular flexibility index (Phi) is 5.89. The second-order valence-corrected chi connectivity index (χ2v) is 7.05. The van der Waals surface area contributed by atoms with E-state index in [1.54, 1.807) is 0 Å². The van der Waals surface area contributed by atoms with Gasteiger partial charge >= 0.3 is 131 Å². The van der Waals surface area contributed by atoms with E-state index < -0.39 is 48.5 Å². The van der Waals surface area contributed by atoms with Crippen LogP contribution in [0.2, 0.25) is 5.02 Å². The number of carbonyl (C=O) groups excluding carboxylic acids is 2. The third-order valence-electron chi connectivity index (χ3n) is 1.73. The van der Waals surface area contributed by atoms with E-state index in [-0.39, 0.29) is 5.02 Å². The summed E-state index contributed by atoms with van der Waals surface area (Å²) in [7, 11) is 0. The van der Waals surface area contributed by atoms with Crippen LogP contribution < -0.4 is 0 Å². The van der Waals surface area contributed by atoms with Gasteiger partial charge in [-0.3, -0.25) is 0 Å². The summed E-state index contributed by atoms with van der Waals surface area (Å²) in [6, 6.07) is 4.68. The van der Waals surface area contributed by atoms with Gasteiger partial charge in [-0.25, -0.2) is 0 Å². The van der Waals surface area contributed by atoms with Crippen molar-refractivity contribution in [3.8, 4) is 0 Å². The zero-order valence-corrected chi connectivity index (χ0v) is 12.9. The Labute approximate surface area is 131 Å². The first kappa shape index (κ1) is 18.8. The summed E-state index contributed by atoms with van der Waals surface area (Å²) in [6.45, 7) is 0. The van der Waals surface area contributed by atoms with Crippen molar-refractivity contribution in [1.29, 1.82) is 0 Å². The van der Waals surface area contributed by atoms with Gasteiger partial charge in [0.15, 0.2) is 0 Å². The van der Waals surface area contributed by atoms with Crippen molar-refractivity contribution < 1.29 is 42.1 Å². The molecule has 0 spiro atoms. The molecule has 0 aromatic heterocycles. The van der Waals surface area contributed by atoms with E-state index >= 15 is 0 Å². The molecule has 0 aliphatic heterocycles.